The molecule has 0 fully saturated rings. The predicted molar refractivity (Wildman–Crippen MR) is 103 cm³/mol. The second-order valence-electron chi connectivity index (χ2n) is 6.54. The summed E-state index contributed by atoms with van der Waals surface area (Å²) >= 11 is 6.03. The fourth-order valence-corrected chi connectivity index (χ4v) is 3.06. The summed E-state index contributed by atoms with van der Waals surface area (Å²) in [5.41, 5.74) is -4.76. The maximum atomic E-state index is 14.9. The van der Waals surface area contributed by atoms with E-state index in [1.165, 1.54) is 0 Å². The molecule has 0 bridgehead atoms. The van der Waals surface area contributed by atoms with Crippen molar-refractivity contribution in [2.75, 3.05) is 13.7 Å². The fourth-order valence-electron chi connectivity index (χ4n) is 2.80. The third-order valence-corrected chi connectivity index (χ3v) is 4.41. The molecule has 0 radical (unpaired) electrons. The van der Waals surface area contributed by atoms with Gasteiger partial charge in [0.15, 0.2) is 6.61 Å². The Kier molecular flexibility index (Phi) is 6.99. The molecule has 0 spiro atoms. The van der Waals surface area contributed by atoms with E-state index in [-0.39, 0.29) is 38.0 Å². The lowest BCUT2D eigenvalue weighted by molar-refractivity contribution is -0.144. The van der Waals surface area contributed by atoms with Crippen LogP contribution in [0.3, 0.4) is 0 Å². The van der Waals surface area contributed by atoms with Gasteiger partial charge in [0.05, 0.1) is 17.8 Å². The van der Waals surface area contributed by atoms with Crippen molar-refractivity contribution < 1.29 is 31.8 Å². The van der Waals surface area contributed by atoms with Gasteiger partial charge in [0.1, 0.15) is 17.3 Å². The van der Waals surface area contributed by atoms with E-state index >= 15 is 0 Å². The number of carbonyl (C=O) groups is 1. The minimum atomic E-state index is -4.99. The van der Waals surface area contributed by atoms with Crippen molar-refractivity contribution in [1.82, 2.24) is 9.13 Å². The smallest absolute Gasteiger partial charge is 0.431 e. The fraction of sp³-hybridized carbons (Fsp3) is 0.316. The maximum Gasteiger partial charge on any atom is 0.431 e. The van der Waals surface area contributed by atoms with E-state index in [0.717, 1.165) is 20.2 Å². The largest absolute Gasteiger partial charge is 0.480 e. The van der Waals surface area contributed by atoms with E-state index in [0.29, 0.717) is 5.57 Å². The van der Waals surface area contributed by atoms with Crippen molar-refractivity contribution in [2.24, 2.45) is 7.05 Å². The van der Waals surface area contributed by atoms with E-state index in [1.54, 1.807) is 6.92 Å². The molecule has 1 aromatic carbocycles. The minimum Gasteiger partial charge on any atom is -0.480 e. The van der Waals surface area contributed by atoms with Crippen LogP contribution < -0.4 is 16.0 Å². The second-order valence-corrected chi connectivity index (χ2v) is 6.94. The number of hydrogen-bond acceptors (Lipinski definition) is 5. The normalized spacial score (nSPS) is 11.4. The Morgan fingerprint density at radius 1 is 1.26 bits per heavy atom. The number of rotatable bonds is 6. The number of esters is 1. The molecular formula is C19H17ClF4N2O5. The zero-order valence-electron chi connectivity index (χ0n) is 16.6. The number of ether oxygens (including phenoxy) is 2. The van der Waals surface area contributed by atoms with Crippen LogP contribution in [0.1, 0.15) is 18.2 Å². The van der Waals surface area contributed by atoms with Gasteiger partial charge in [-0.3, -0.25) is 9.36 Å². The molecule has 0 amide bonds. The number of aromatic nitrogens is 2. The number of hydrogen-bond donors (Lipinski definition) is 0. The predicted octanol–water partition coefficient (Wildman–Crippen LogP) is 3.02. The molecule has 0 saturated heterocycles. The van der Waals surface area contributed by atoms with Crippen molar-refractivity contribution in [3.8, 4) is 11.4 Å². The molecule has 1 aromatic heterocycles. The lowest BCUT2D eigenvalue weighted by Gasteiger charge is -2.20. The van der Waals surface area contributed by atoms with E-state index in [2.05, 4.69) is 11.3 Å². The van der Waals surface area contributed by atoms with E-state index < -0.39 is 47.2 Å². The van der Waals surface area contributed by atoms with Crippen LogP contribution in [0.2, 0.25) is 5.02 Å². The van der Waals surface area contributed by atoms with Gasteiger partial charge in [0.2, 0.25) is 0 Å². The van der Waals surface area contributed by atoms with Gasteiger partial charge in [-0.15, -0.1) is 0 Å². The number of benzene rings is 1. The minimum absolute atomic E-state index is 0.152. The summed E-state index contributed by atoms with van der Waals surface area (Å²) in [5, 5.41) is -0.293. The van der Waals surface area contributed by atoms with Gasteiger partial charge in [0.25, 0.3) is 5.56 Å². The monoisotopic (exact) mass is 464 g/mol. The molecule has 12 heteroatoms. The van der Waals surface area contributed by atoms with E-state index in [4.69, 9.17) is 16.3 Å². The summed E-state index contributed by atoms with van der Waals surface area (Å²) in [6, 6.07) is 0.893. The number of allylic oxidation sites excluding steroid dienone is 1. The van der Waals surface area contributed by atoms with Crippen LogP contribution in [0.25, 0.3) is 5.69 Å². The molecule has 2 aromatic rings. The molecular weight excluding hydrogens is 448 g/mol. The van der Waals surface area contributed by atoms with Gasteiger partial charge >= 0.3 is 17.8 Å². The lowest BCUT2D eigenvalue weighted by Crippen LogP contribution is -2.41. The Bertz CT molecular complexity index is 1170. The molecule has 0 unspecified atom stereocenters. The molecule has 168 valence electrons. The Morgan fingerprint density at radius 2 is 1.87 bits per heavy atom. The summed E-state index contributed by atoms with van der Waals surface area (Å²) in [5.74, 6) is -2.21. The molecule has 2 rings (SSSR count). The highest BCUT2D eigenvalue weighted by Crippen LogP contribution is 2.36. The van der Waals surface area contributed by atoms with Crippen LogP contribution in [0.5, 0.6) is 5.75 Å². The zero-order chi connectivity index (χ0) is 23.7. The summed E-state index contributed by atoms with van der Waals surface area (Å²) in [7, 11) is 1.89. The summed E-state index contributed by atoms with van der Waals surface area (Å²) in [4.78, 5) is 36.6. The molecule has 0 aliphatic carbocycles. The van der Waals surface area contributed by atoms with Gasteiger partial charge in [-0.2, -0.15) is 13.2 Å². The van der Waals surface area contributed by atoms with Gasteiger partial charge in [-0.1, -0.05) is 23.8 Å². The topological polar surface area (TPSA) is 79.5 Å². The van der Waals surface area contributed by atoms with Crippen molar-refractivity contribution >= 4 is 17.6 Å². The molecule has 0 saturated carbocycles. The second kappa shape index (κ2) is 8.96. The molecule has 0 aliphatic rings. The molecule has 0 N–H and O–H groups in total. The average Bonchev–Trinajstić information content (AvgIpc) is 2.64. The molecule has 1 heterocycles. The van der Waals surface area contributed by atoms with Gasteiger partial charge in [-0.05, 0) is 19.4 Å². The number of alkyl halides is 3. The van der Waals surface area contributed by atoms with Crippen LogP contribution in [0.4, 0.5) is 17.6 Å². The van der Waals surface area contributed by atoms with E-state index in [1.807, 2.05) is 0 Å². The van der Waals surface area contributed by atoms with Crippen LogP contribution in [-0.4, -0.2) is 28.8 Å². The Hall–Kier alpha value is -3.08. The highest BCUT2D eigenvalue weighted by molar-refractivity contribution is 6.32. The molecule has 31 heavy (non-hydrogen) atoms. The van der Waals surface area contributed by atoms with E-state index in [9.17, 15) is 31.9 Å². The Morgan fingerprint density at radius 3 is 2.39 bits per heavy atom. The highest BCUT2D eigenvalue weighted by atomic mass is 35.5. The van der Waals surface area contributed by atoms with Crippen LogP contribution >= 0.6 is 11.6 Å². The quantitative estimate of drug-likeness (QED) is 0.373. The first-order chi connectivity index (χ1) is 14.3. The van der Waals surface area contributed by atoms with Gasteiger partial charge in [0, 0.05) is 18.7 Å². The number of methoxy groups -OCH3 is 1. The lowest BCUT2D eigenvalue weighted by atomic mass is 10.0. The van der Waals surface area contributed by atoms with Crippen molar-refractivity contribution in [3.05, 3.63) is 67.2 Å². The molecule has 7 nitrogen and oxygen atoms in total. The third-order valence-electron chi connectivity index (χ3n) is 4.13. The summed E-state index contributed by atoms with van der Waals surface area (Å²) in [6.07, 6.45) is -5.15. The molecule has 0 atom stereocenters. The SMILES string of the molecule is C=C(C)Cc1c(OCC(=O)OC)c(Cl)cc(F)c1-n1c(=O)cc(C(F)(F)F)n(C)c1=O. The summed E-state index contributed by atoms with van der Waals surface area (Å²) < 4.78 is 64.5. The first-order valence-corrected chi connectivity index (χ1v) is 8.92. The zero-order valence-corrected chi connectivity index (χ0v) is 17.4. The van der Waals surface area contributed by atoms with Gasteiger partial charge < -0.3 is 9.47 Å². The van der Waals surface area contributed by atoms with Crippen molar-refractivity contribution in [3.63, 3.8) is 0 Å². The highest BCUT2D eigenvalue weighted by Gasteiger charge is 2.35. The summed E-state index contributed by atoms with van der Waals surface area (Å²) in [6.45, 7) is 4.58. The first kappa shape index (κ1) is 24.2. The number of halogens is 5. The average molecular weight is 465 g/mol. The maximum absolute atomic E-state index is 14.9. The standard InChI is InChI=1S/C19H17ClF4N2O5/c1-9(2)5-10-16(12(21)6-11(20)17(10)31-8-15(28)30-4)26-14(27)7-13(19(22,23)24)25(3)18(26)29/h6-7H,1,5,8H2,2-4H3. The van der Waals surface area contributed by atoms with Crippen molar-refractivity contribution in [1.29, 1.82) is 0 Å². The van der Waals surface area contributed by atoms with Crippen LogP contribution in [0, 0.1) is 5.82 Å². The first-order valence-electron chi connectivity index (χ1n) is 8.55. The Labute approximate surface area is 178 Å². The molecule has 0 aliphatic heterocycles. The third kappa shape index (κ3) is 4.98. The number of carbonyl (C=O) groups excluding carboxylic acids is 1. The van der Waals surface area contributed by atoms with Crippen molar-refractivity contribution in [2.45, 2.75) is 19.5 Å². The van der Waals surface area contributed by atoms with Crippen LogP contribution in [-0.2, 0) is 29.2 Å². The van der Waals surface area contributed by atoms with Crippen LogP contribution in [0.15, 0.2) is 33.9 Å². The number of nitrogens with zero attached hydrogens (tertiary/aromatic N) is 2. The van der Waals surface area contributed by atoms with Gasteiger partial charge in [-0.25, -0.2) is 18.5 Å². The Balaban J connectivity index is 2.90.